The van der Waals surface area contributed by atoms with Crippen LogP contribution in [0.15, 0.2) is 35.3 Å². The minimum absolute atomic E-state index is 0.0915. The van der Waals surface area contributed by atoms with Gasteiger partial charge < -0.3 is 5.32 Å². The maximum Gasteiger partial charge on any atom is 0.269 e. The Kier molecular flexibility index (Phi) is 4.45. The van der Waals surface area contributed by atoms with Gasteiger partial charge >= 0.3 is 0 Å². The van der Waals surface area contributed by atoms with Crippen LogP contribution in [0.25, 0.3) is 0 Å². The summed E-state index contributed by atoms with van der Waals surface area (Å²) in [5.41, 5.74) is 0.344. The van der Waals surface area contributed by atoms with Gasteiger partial charge in [-0.3, -0.25) is 4.79 Å². The van der Waals surface area contributed by atoms with E-state index in [-0.39, 0.29) is 17.7 Å². The second-order valence-electron chi connectivity index (χ2n) is 4.40. The van der Waals surface area contributed by atoms with Gasteiger partial charge in [0.15, 0.2) is 0 Å². The Hall–Kier alpha value is -2.24. The Morgan fingerprint density at radius 3 is 2.80 bits per heavy atom. The molecule has 2 rings (SSSR count). The molecule has 0 saturated carbocycles. The lowest BCUT2D eigenvalue weighted by Crippen LogP contribution is -2.23. The van der Waals surface area contributed by atoms with E-state index in [4.69, 9.17) is 0 Å². The zero-order chi connectivity index (χ0) is 14.5. The normalized spacial score (nSPS) is 10.6. The second kappa shape index (κ2) is 6.27. The summed E-state index contributed by atoms with van der Waals surface area (Å²) < 4.78 is 27.7. The van der Waals surface area contributed by atoms with Gasteiger partial charge in [0.25, 0.3) is 5.56 Å². The van der Waals surface area contributed by atoms with Crippen molar-refractivity contribution >= 4 is 5.69 Å². The molecule has 20 heavy (non-hydrogen) atoms. The summed E-state index contributed by atoms with van der Waals surface area (Å²) >= 11 is 0. The molecule has 0 aliphatic heterocycles. The van der Waals surface area contributed by atoms with Crippen LogP contribution in [0, 0.1) is 11.6 Å². The van der Waals surface area contributed by atoms with Crippen LogP contribution in [0.5, 0.6) is 0 Å². The summed E-state index contributed by atoms with van der Waals surface area (Å²) in [7, 11) is 0. The fourth-order valence-corrected chi connectivity index (χ4v) is 1.74. The monoisotopic (exact) mass is 279 g/mol. The van der Waals surface area contributed by atoms with E-state index in [1.54, 1.807) is 0 Å². The zero-order valence-corrected chi connectivity index (χ0v) is 11.1. The van der Waals surface area contributed by atoms with Crippen LogP contribution in [-0.4, -0.2) is 16.3 Å². The van der Waals surface area contributed by atoms with Crippen LogP contribution in [0.2, 0.25) is 0 Å². The largest absolute Gasteiger partial charge is 0.384 e. The SMILES string of the molecule is CCCNc1cnn(Cc2cc(F)ccc2F)c(=O)c1. The molecule has 0 amide bonds. The first-order valence-electron chi connectivity index (χ1n) is 6.35. The van der Waals surface area contributed by atoms with Crippen molar-refractivity contribution in [3.05, 3.63) is 58.0 Å². The van der Waals surface area contributed by atoms with Crippen molar-refractivity contribution in [1.29, 1.82) is 0 Å². The van der Waals surface area contributed by atoms with Crippen molar-refractivity contribution in [3.63, 3.8) is 0 Å². The van der Waals surface area contributed by atoms with Crippen molar-refractivity contribution in [3.8, 4) is 0 Å². The lowest BCUT2D eigenvalue weighted by Gasteiger charge is -2.08. The molecule has 0 aliphatic rings. The van der Waals surface area contributed by atoms with E-state index in [2.05, 4.69) is 10.4 Å². The molecule has 0 unspecified atom stereocenters. The molecule has 1 aromatic carbocycles. The highest BCUT2D eigenvalue weighted by molar-refractivity contribution is 5.38. The lowest BCUT2D eigenvalue weighted by molar-refractivity contribution is 0.557. The van der Waals surface area contributed by atoms with E-state index in [9.17, 15) is 13.6 Å². The van der Waals surface area contributed by atoms with Crippen molar-refractivity contribution in [2.75, 3.05) is 11.9 Å². The first-order valence-corrected chi connectivity index (χ1v) is 6.35. The number of nitrogens with one attached hydrogen (secondary N) is 1. The molecule has 1 N–H and O–H groups in total. The fraction of sp³-hybridized carbons (Fsp3) is 0.286. The topological polar surface area (TPSA) is 46.9 Å². The van der Waals surface area contributed by atoms with Gasteiger partial charge in [-0.1, -0.05) is 6.92 Å². The molecule has 0 spiro atoms. The number of benzene rings is 1. The van der Waals surface area contributed by atoms with Crippen molar-refractivity contribution in [2.24, 2.45) is 0 Å². The van der Waals surface area contributed by atoms with Crippen LogP contribution in [0.3, 0.4) is 0 Å². The first kappa shape index (κ1) is 14.2. The van der Waals surface area contributed by atoms with E-state index in [1.807, 2.05) is 6.92 Å². The third-order valence-electron chi connectivity index (χ3n) is 2.78. The van der Waals surface area contributed by atoms with Crippen LogP contribution >= 0.6 is 0 Å². The molecule has 2 aromatic rings. The van der Waals surface area contributed by atoms with Crippen molar-refractivity contribution < 1.29 is 8.78 Å². The Morgan fingerprint density at radius 1 is 1.30 bits per heavy atom. The quantitative estimate of drug-likeness (QED) is 0.914. The van der Waals surface area contributed by atoms with Crippen LogP contribution < -0.4 is 10.9 Å². The lowest BCUT2D eigenvalue weighted by atomic mass is 10.2. The summed E-state index contributed by atoms with van der Waals surface area (Å²) in [6, 6.07) is 4.52. The predicted octanol–water partition coefficient (Wildman–Crippen LogP) is 2.39. The summed E-state index contributed by atoms with van der Waals surface area (Å²) in [6.07, 6.45) is 2.42. The molecule has 0 bridgehead atoms. The van der Waals surface area contributed by atoms with Gasteiger partial charge in [0, 0.05) is 18.2 Å². The van der Waals surface area contributed by atoms with E-state index in [1.165, 1.54) is 12.3 Å². The average molecular weight is 279 g/mol. The van der Waals surface area contributed by atoms with Gasteiger partial charge in [0.05, 0.1) is 18.4 Å². The highest BCUT2D eigenvalue weighted by atomic mass is 19.1. The Balaban J connectivity index is 2.21. The predicted molar refractivity (Wildman–Crippen MR) is 72.7 cm³/mol. The number of aromatic nitrogens is 2. The molecule has 106 valence electrons. The molecule has 4 nitrogen and oxygen atoms in total. The van der Waals surface area contributed by atoms with Crippen molar-refractivity contribution in [2.45, 2.75) is 19.9 Å². The molecule has 0 saturated heterocycles. The summed E-state index contributed by atoms with van der Waals surface area (Å²) in [4.78, 5) is 11.8. The molecule has 1 heterocycles. The molecule has 0 aliphatic carbocycles. The minimum Gasteiger partial charge on any atom is -0.384 e. The third-order valence-corrected chi connectivity index (χ3v) is 2.78. The van der Waals surface area contributed by atoms with Gasteiger partial charge in [0.1, 0.15) is 11.6 Å². The van der Waals surface area contributed by atoms with E-state index < -0.39 is 11.6 Å². The second-order valence-corrected chi connectivity index (χ2v) is 4.40. The van der Waals surface area contributed by atoms with Crippen LogP contribution in [0.1, 0.15) is 18.9 Å². The summed E-state index contributed by atoms with van der Waals surface area (Å²) in [6.45, 7) is 2.65. The maximum absolute atomic E-state index is 13.5. The summed E-state index contributed by atoms with van der Waals surface area (Å²) in [5, 5.41) is 6.99. The third kappa shape index (κ3) is 3.40. The molecule has 6 heteroatoms. The number of hydrogen-bond acceptors (Lipinski definition) is 3. The molecular weight excluding hydrogens is 264 g/mol. The Morgan fingerprint density at radius 2 is 2.10 bits per heavy atom. The number of nitrogens with zero attached hydrogens (tertiary/aromatic N) is 2. The number of halogens is 2. The van der Waals surface area contributed by atoms with E-state index in [0.29, 0.717) is 5.69 Å². The van der Waals surface area contributed by atoms with Crippen LogP contribution in [0.4, 0.5) is 14.5 Å². The molecule has 0 fully saturated rings. The molecule has 0 radical (unpaired) electrons. The number of rotatable bonds is 5. The Labute approximate surface area is 115 Å². The highest BCUT2D eigenvalue weighted by Crippen LogP contribution is 2.10. The Bertz CT molecular complexity index is 655. The average Bonchev–Trinajstić information content (AvgIpc) is 2.43. The smallest absolute Gasteiger partial charge is 0.269 e. The molecule has 0 atom stereocenters. The highest BCUT2D eigenvalue weighted by Gasteiger charge is 2.07. The van der Waals surface area contributed by atoms with E-state index >= 15 is 0 Å². The molecule has 1 aromatic heterocycles. The maximum atomic E-state index is 13.5. The minimum atomic E-state index is -0.562. The number of hydrogen-bond donors (Lipinski definition) is 1. The fourth-order valence-electron chi connectivity index (χ4n) is 1.74. The van der Waals surface area contributed by atoms with Gasteiger partial charge in [-0.15, -0.1) is 0 Å². The van der Waals surface area contributed by atoms with Gasteiger partial charge in [-0.2, -0.15) is 5.10 Å². The van der Waals surface area contributed by atoms with Gasteiger partial charge in [0.2, 0.25) is 0 Å². The molecular formula is C14H15F2N3O. The number of anilines is 1. The standard InChI is InChI=1S/C14H15F2N3O/c1-2-5-17-12-7-14(20)19(18-8-12)9-10-6-11(15)3-4-13(10)16/h3-4,6-8,17H,2,5,9H2,1H3. The summed E-state index contributed by atoms with van der Waals surface area (Å²) in [5.74, 6) is -1.11. The van der Waals surface area contributed by atoms with Gasteiger partial charge in [-0.25, -0.2) is 13.5 Å². The van der Waals surface area contributed by atoms with Crippen molar-refractivity contribution in [1.82, 2.24) is 9.78 Å². The van der Waals surface area contributed by atoms with E-state index in [0.717, 1.165) is 35.8 Å². The zero-order valence-electron chi connectivity index (χ0n) is 11.1. The first-order chi connectivity index (χ1) is 9.60. The van der Waals surface area contributed by atoms with Gasteiger partial charge in [-0.05, 0) is 24.6 Å². The van der Waals surface area contributed by atoms with Crippen LogP contribution in [-0.2, 0) is 6.54 Å².